The summed E-state index contributed by atoms with van der Waals surface area (Å²) in [6, 6.07) is 0. The van der Waals surface area contributed by atoms with Gasteiger partial charge in [0.25, 0.3) is 0 Å². The van der Waals surface area contributed by atoms with Crippen LogP contribution in [0.4, 0.5) is 0 Å². The van der Waals surface area contributed by atoms with Crippen molar-refractivity contribution >= 4 is 12.2 Å². The fraction of sp³-hybridized carbons (Fsp3) is 0.778. The van der Waals surface area contributed by atoms with Crippen molar-refractivity contribution in [2.24, 2.45) is 5.92 Å². The highest BCUT2D eigenvalue weighted by Crippen LogP contribution is 2.14. The maximum absolute atomic E-state index is 10.6. The predicted octanol–water partition coefficient (Wildman–Crippen LogP) is 2.31. The average molecular weight is 171 g/mol. The fourth-order valence-electron chi connectivity index (χ4n) is 1.21. The molecule has 1 unspecified atom stereocenters. The molecule has 2 N–H and O–H groups in total. The van der Waals surface area contributed by atoms with E-state index in [0.717, 1.165) is 19.3 Å². The minimum absolute atomic E-state index is 0.199. The van der Waals surface area contributed by atoms with Crippen molar-refractivity contribution in [1.82, 2.24) is 0 Å². The smallest absolute Gasteiger partial charge is 0.306 e. The molecule has 0 fully saturated rings. The van der Waals surface area contributed by atoms with Gasteiger partial charge in [-0.3, -0.25) is 4.79 Å². The molecule has 0 spiro atoms. The Morgan fingerprint density at radius 3 is 2.67 bits per heavy atom. The van der Waals surface area contributed by atoms with Crippen LogP contribution >= 0.6 is 0 Å². The summed E-state index contributed by atoms with van der Waals surface area (Å²) in [7, 11) is 0. The fourth-order valence-corrected chi connectivity index (χ4v) is 1.21. The molecule has 12 heavy (non-hydrogen) atoms. The first-order valence-corrected chi connectivity index (χ1v) is 4.44. The molecule has 0 radical (unpaired) electrons. The van der Waals surface area contributed by atoms with Crippen molar-refractivity contribution in [3.8, 4) is 0 Å². The molecule has 0 aromatic heterocycles. The van der Waals surface area contributed by atoms with Crippen molar-refractivity contribution in [3.05, 3.63) is 0 Å². The summed E-state index contributed by atoms with van der Waals surface area (Å²) in [6.45, 7) is 1.99. The van der Waals surface area contributed by atoms with E-state index in [2.05, 4.69) is 0 Å². The van der Waals surface area contributed by atoms with Gasteiger partial charge < -0.3 is 10.5 Å². The van der Waals surface area contributed by atoms with Gasteiger partial charge in [0, 0.05) is 0 Å². The second-order valence-electron chi connectivity index (χ2n) is 2.96. The van der Waals surface area contributed by atoms with Gasteiger partial charge in [-0.15, -0.1) is 0 Å². The van der Waals surface area contributed by atoms with Gasteiger partial charge in [-0.25, -0.2) is 0 Å². The highest BCUT2D eigenvalue weighted by molar-refractivity contribution is 5.69. The van der Waals surface area contributed by atoms with Crippen molar-refractivity contribution in [1.29, 1.82) is 5.41 Å². The number of rotatable bonds is 7. The Morgan fingerprint density at radius 1 is 1.58 bits per heavy atom. The number of carbonyl (C=O) groups is 1. The first-order valence-electron chi connectivity index (χ1n) is 4.44. The van der Waals surface area contributed by atoms with E-state index in [4.69, 9.17) is 10.5 Å². The number of unbranched alkanes of at least 4 members (excludes halogenated alkanes) is 1. The van der Waals surface area contributed by atoms with Gasteiger partial charge in [0.1, 0.15) is 0 Å². The Bertz CT molecular complexity index is 145. The Morgan fingerprint density at radius 2 is 2.25 bits per heavy atom. The molecule has 0 saturated carbocycles. The van der Waals surface area contributed by atoms with E-state index in [1.54, 1.807) is 0 Å². The van der Waals surface area contributed by atoms with E-state index in [1.807, 2.05) is 6.92 Å². The quantitative estimate of drug-likeness (QED) is 0.456. The monoisotopic (exact) mass is 171 g/mol. The van der Waals surface area contributed by atoms with E-state index in [-0.39, 0.29) is 5.92 Å². The topological polar surface area (TPSA) is 61.2 Å². The third kappa shape index (κ3) is 4.88. The number of nitrogens with one attached hydrogen (secondary N) is 1. The lowest BCUT2D eigenvalue weighted by Gasteiger charge is -2.08. The molecule has 0 aromatic carbocycles. The molecule has 0 aliphatic carbocycles. The summed E-state index contributed by atoms with van der Waals surface area (Å²) in [6.07, 6.45) is 5.24. The number of carboxylic acids is 1. The van der Waals surface area contributed by atoms with Crippen molar-refractivity contribution < 1.29 is 9.90 Å². The Kier molecular flexibility index (Phi) is 6.34. The third-order valence-electron chi connectivity index (χ3n) is 1.89. The van der Waals surface area contributed by atoms with Crippen LogP contribution in [-0.2, 0) is 4.79 Å². The molecule has 3 heteroatoms. The van der Waals surface area contributed by atoms with Crippen LogP contribution in [0.5, 0.6) is 0 Å². The molecule has 0 heterocycles. The first kappa shape index (κ1) is 11.1. The number of carboxylic acid groups (broad SMARTS) is 1. The van der Waals surface area contributed by atoms with Gasteiger partial charge in [0.05, 0.1) is 5.92 Å². The third-order valence-corrected chi connectivity index (χ3v) is 1.89. The van der Waals surface area contributed by atoms with E-state index in [9.17, 15) is 4.79 Å². The van der Waals surface area contributed by atoms with E-state index < -0.39 is 5.97 Å². The van der Waals surface area contributed by atoms with Crippen LogP contribution in [0.3, 0.4) is 0 Å². The second kappa shape index (κ2) is 6.83. The summed E-state index contributed by atoms with van der Waals surface area (Å²) in [4.78, 5) is 10.6. The molecule has 0 rings (SSSR count). The van der Waals surface area contributed by atoms with Gasteiger partial charge in [0.2, 0.25) is 0 Å². The summed E-state index contributed by atoms with van der Waals surface area (Å²) in [5.41, 5.74) is 0. The molecule has 0 aliphatic rings. The summed E-state index contributed by atoms with van der Waals surface area (Å²) in [5.74, 6) is -0.892. The van der Waals surface area contributed by atoms with Crippen LogP contribution in [-0.4, -0.2) is 17.3 Å². The van der Waals surface area contributed by atoms with Gasteiger partial charge in [-0.1, -0.05) is 13.3 Å². The molecule has 0 saturated heterocycles. The lowest BCUT2D eigenvalue weighted by molar-refractivity contribution is -0.142. The summed E-state index contributed by atoms with van der Waals surface area (Å²) < 4.78 is 0. The predicted molar refractivity (Wildman–Crippen MR) is 48.7 cm³/mol. The highest BCUT2D eigenvalue weighted by Gasteiger charge is 2.14. The zero-order valence-corrected chi connectivity index (χ0v) is 7.55. The molecular formula is C9H17NO2. The van der Waals surface area contributed by atoms with Crippen molar-refractivity contribution in [2.45, 2.75) is 39.0 Å². The maximum atomic E-state index is 10.6. The van der Waals surface area contributed by atoms with E-state index >= 15 is 0 Å². The van der Waals surface area contributed by atoms with Crippen LogP contribution in [0.2, 0.25) is 0 Å². The molecule has 0 bridgehead atoms. The normalized spacial score (nSPS) is 12.4. The summed E-state index contributed by atoms with van der Waals surface area (Å²) in [5, 5.41) is 15.5. The summed E-state index contributed by atoms with van der Waals surface area (Å²) >= 11 is 0. The zero-order valence-electron chi connectivity index (χ0n) is 7.55. The van der Waals surface area contributed by atoms with Crippen LogP contribution in [0.1, 0.15) is 39.0 Å². The molecule has 1 atom stereocenters. The minimum atomic E-state index is -0.693. The SMILES string of the molecule is CCCC(CCCC=N)C(=O)O. The number of aliphatic carboxylic acids is 1. The molecular weight excluding hydrogens is 154 g/mol. The highest BCUT2D eigenvalue weighted by atomic mass is 16.4. The standard InChI is InChI=1S/C9H17NO2/c1-2-5-8(9(11)12)6-3-4-7-10/h7-8,10H,2-6H2,1H3,(H,11,12). The van der Waals surface area contributed by atoms with Crippen LogP contribution < -0.4 is 0 Å². The van der Waals surface area contributed by atoms with E-state index in [1.165, 1.54) is 6.21 Å². The first-order chi connectivity index (χ1) is 5.72. The van der Waals surface area contributed by atoms with Gasteiger partial charge in [-0.2, -0.15) is 0 Å². The van der Waals surface area contributed by atoms with Gasteiger partial charge in [-0.05, 0) is 31.9 Å². The molecule has 70 valence electrons. The molecule has 0 aromatic rings. The lowest BCUT2D eigenvalue weighted by atomic mass is 9.97. The van der Waals surface area contributed by atoms with Crippen LogP contribution in [0.15, 0.2) is 0 Å². The molecule has 0 aliphatic heterocycles. The van der Waals surface area contributed by atoms with Crippen LogP contribution in [0, 0.1) is 11.3 Å². The second-order valence-corrected chi connectivity index (χ2v) is 2.96. The van der Waals surface area contributed by atoms with Crippen LogP contribution in [0.25, 0.3) is 0 Å². The zero-order chi connectivity index (χ0) is 9.40. The van der Waals surface area contributed by atoms with E-state index in [0.29, 0.717) is 12.8 Å². The minimum Gasteiger partial charge on any atom is -0.481 e. The number of hydrogen-bond donors (Lipinski definition) is 2. The van der Waals surface area contributed by atoms with Crippen molar-refractivity contribution in [3.63, 3.8) is 0 Å². The van der Waals surface area contributed by atoms with Crippen molar-refractivity contribution in [2.75, 3.05) is 0 Å². The Balaban J connectivity index is 3.63. The number of hydrogen-bond acceptors (Lipinski definition) is 2. The molecule has 3 nitrogen and oxygen atoms in total. The lowest BCUT2D eigenvalue weighted by Crippen LogP contribution is -2.13. The Hall–Kier alpha value is -0.860. The Labute approximate surface area is 73.3 Å². The molecule has 0 amide bonds. The largest absolute Gasteiger partial charge is 0.481 e. The average Bonchev–Trinajstić information content (AvgIpc) is 2.03. The van der Waals surface area contributed by atoms with Gasteiger partial charge >= 0.3 is 5.97 Å². The maximum Gasteiger partial charge on any atom is 0.306 e. The van der Waals surface area contributed by atoms with Gasteiger partial charge in [0.15, 0.2) is 0 Å².